The van der Waals surface area contributed by atoms with Crippen LogP contribution in [0.5, 0.6) is 0 Å². The molecule has 138 valence electrons. The van der Waals surface area contributed by atoms with Crippen LogP contribution in [-0.4, -0.2) is 56.5 Å². The molecular formula is C18H17ClN6O2. The first-order valence-electron chi connectivity index (χ1n) is 8.56. The van der Waals surface area contributed by atoms with Crippen LogP contribution in [0.1, 0.15) is 0 Å². The van der Waals surface area contributed by atoms with Gasteiger partial charge in [0.1, 0.15) is 6.54 Å². The fourth-order valence-corrected chi connectivity index (χ4v) is 3.27. The Morgan fingerprint density at radius 2 is 1.81 bits per heavy atom. The predicted octanol–water partition coefficient (Wildman–Crippen LogP) is 1.19. The molecule has 3 aromatic rings. The fraction of sp³-hybridized carbons (Fsp3) is 0.278. The molecule has 1 amide bonds. The molecule has 0 N–H and O–H groups in total. The summed E-state index contributed by atoms with van der Waals surface area (Å²) in [5.74, 6) is 0.547. The number of anilines is 1. The van der Waals surface area contributed by atoms with E-state index in [0.29, 0.717) is 48.1 Å². The Balaban J connectivity index is 1.45. The topological polar surface area (TPSA) is 84.2 Å². The summed E-state index contributed by atoms with van der Waals surface area (Å²) < 4.78 is 1.33. The Hall–Kier alpha value is -3.00. The molecule has 27 heavy (non-hydrogen) atoms. The van der Waals surface area contributed by atoms with Crippen molar-refractivity contribution in [1.82, 2.24) is 24.4 Å². The number of carbonyl (C=O) groups is 1. The summed E-state index contributed by atoms with van der Waals surface area (Å²) in [5.41, 5.74) is 0.289. The molecule has 1 saturated heterocycles. The molecule has 2 aromatic heterocycles. The van der Waals surface area contributed by atoms with E-state index in [0.717, 1.165) is 0 Å². The van der Waals surface area contributed by atoms with Gasteiger partial charge in [-0.1, -0.05) is 11.6 Å². The number of hydrogen-bond acceptors (Lipinski definition) is 6. The number of hydrogen-bond donors (Lipinski definition) is 0. The quantitative estimate of drug-likeness (QED) is 0.674. The zero-order valence-electron chi connectivity index (χ0n) is 14.5. The number of amides is 1. The monoisotopic (exact) mass is 384 g/mol. The SMILES string of the molecule is O=C(Cn1cnc2ccc(Cl)cc2c1=O)N1CCN(c2ncccn2)CC1. The molecule has 1 aromatic carbocycles. The first-order chi connectivity index (χ1) is 13.1. The molecular weight excluding hydrogens is 368 g/mol. The van der Waals surface area contributed by atoms with Crippen molar-refractivity contribution >= 4 is 34.4 Å². The zero-order chi connectivity index (χ0) is 18.8. The highest BCUT2D eigenvalue weighted by molar-refractivity contribution is 6.31. The summed E-state index contributed by atoms with van der Waals surface area (Å²) in [6, 6.07) is 6.72. The molecule has 0 saturated carbocycles. The van der Waals surface area contributed by atoms with Gasteiger partial charge in [-0.2, -0.15) is 0 Å². The van der Waals surface area contributed by atoms with Gasteiger partial charge in [0.2, 0.25) is 11.9 Å². The van der Waals surface area contributed by atoms with E-state index in [4.69, 9.17) is 11.6 Å². The lowest BCUT2D eigenvalue weighted by Gasteiger charge is -2.34. The Morgan fingerprint density at radius 3 is 2.56 bits per heavy atom. The number of piperazine rings is 1. The summed E-state index contributed by atoms with van der Waals surface area (Å²) in [6.45, 7) is 2.36. The van der Waals surface area contributed by atoms with Crippen LogP contribution in [-0.2, 0) is 11.3 Å². The van der Waals surface area contributed by atoms with Crippen molar-refractivity contribution in [3.8, 4) is 0 Å². The number of carbonyl (C=O) groups excluding carboxylic acids is 1. The summed E-state index contributed by atoms with van der Waals surface area (Å²) in [5, 5.41) is 0.869. The lowest BCUT2D eigenvalue weighted by atomic mass is 10.2. The van der Waals surface area contributed by atoms with Crippen LogP contribution >= 0.6 is 11.6 Å². The molecule has 1 aliphatic rings. The molecule has 0 aliphatic carbocycles. The lowest BCUT2D eigenvalue weighted by molar-refractivity contribution is -0.132. The van der Waals surface area contributed by atoms with Gasteiger partial charge in [-0.05, 0) is 24.3 Å². The second-order valence-corrected chi connectivity index (χ2v) is 6.69. The third kappa shape index (κ3) is 3.61. The van der Waals surface area contributed by atoms with Crippen LogP contribution in [0.3, 0.4) is 0 Å². The van der Waals surface area contributed by atoms with E-state index in [1.165, 1.54) is 10.9 Å². The molecule has 3 heterocycles. The van der Waals surface area contributed by atoms with E-state index in [1.807, 2.05) is 4.90 Å². The van der Waals surface area contributed by atoms with Crippen LogP contribution in [0.15, 0.2) is 47.8 Å². The Labute approximate surface area is 160 Å². The van der Waals surface area contributed by atoms with Gasteiger partial charge in [-0.25, -0.2) is 15.0 Å². The minimum absolute atomic E-state index is 0.0455. The number of halogens is 1. The van der Waals surface area contributed by atoms with Gasteiger partial charge in [0.15, 0.2) is 0 Å². The number of benzene rings is 1. The predicted molar refractivity (Wildman–Crippen MR) is 102 cm³/mol. The molecule has 0 radical (unpaired) electrons. The number of rotatable bonds is 3. The first kappa shape index (κ1) is 17.4. The van der Waals surface area contributed by atoms with Gasteiger partial charge < -0.3 is 9.80 Å². The molecule has 0 atom stereocenters. The highest BCUT2D eigenvalue weighted by Gasteiger charge is 2.23. The largest absolute Gasteiger partial charge is 0.338 e. The third-order valence-electron chi connectivity index (χ3n) is 4.56. The highest BCUT2D eigenvalue weighted by Crippen LogP contribution is 2.14. The van der Waals surface area contributed by atoms with E-state index in [-0.39, 0.29) is 18.0 Å². The van der Waals surface area contributed by atoms with Gasteiger partial charge in [-0.3, -0.25) is 14.2 Å². The van der Waals surface area contributed by atoms with E-state index >= 15 is 0 Å². The molecule has 1 fully saturated rings. The standard InChI is InChI=1S/C18H17ClN6O2/c19-13-2-3-15-14(10-13)17(27)25(12-22-15)11-16(26)23-6-8-24(9-7-23)18-20-4-1-5-21-18/h1-5,10,12H,6-9,11H2. The Bertz CT molecular complexity index is 1030. The van der Waals surface area contributed by atoms with Crippen molar-refractivity contribution in [1.29, 1.82) is 0 Å². The lowest BCUT2D eigenvalue weighted by Crippen LogP contribution is -2.50. The molecule has 9 heteroatoms. The second-order valence-electron chi connectivity index (χ2n) is 6.26. The van der Waals surface area contributed by atoms with Crippen LogP contribution in [0.2, 0.25) is 5.02 Å². The van der Waals surface area contributed by atoms with Gasteiger partial charge in [0.25, 0.3) is 5.56 Å². The minimum Gasteiger partial charge on any atom is -0.338 e. The van der Waals surface area contributed by atoms with Crippen molar-refractivity contribution in [2.24, 2.45) is 0 Å². The summed E-state index contributed by atoms with van der Waals surface area (Å²) in [4.78, 5) is 41.7. The van der Waals surface area contributed by atoms with Gasteiger partial charge in [0.05, 0.1) is 17.2 Å². The third-order valence-corrected chi connectivity index (χ3v) is 4.79. The Kier molecular flexibility index (Phi) is 4.72. The van der Waals surface area contributed by atoms with Crippen molar-refractivity contribution in [2.45, 2.75) is 6.54 Å². The molecule has 0 spiro atoms. The molecule has 0 bridgehead atoms. The van der Waals surface area contributed by atoms with Crippen molar-refractivity contribution in [3.05, 3.63) is 58.4 Å². The highest BCUT2D eigenvalue weighted by atomic mass is 35.5. The van der Waals surface area contributed by atoms with Crippen molar-refractivity contribution in [3.63, 3.8) is 0 Å². The minimum atomic E-state index is -0.271. The Morgan fingerprint density at radius 1 is 1.07 bits per heavy atom. The summed E-state index contributed by atoms with van der Waals surface area (Å²) >= 11 is 5.97. The number of aromatic nitrogens is 4. The van der Waals surface area contributed by atoms with Crippen LogP contribution in [0.4, 0.5) is 5.95 Å². The van der Waals surface area contributed by atoms with Crippen LogP contribution in [0.25, 0.3) is 10.9 Å². The number of fused-ring (bicyclic) bond motifs is 1. The normalized spacial score (nSPS) is 14.6. The molecule has 8 nitrogen and oxygen atoms in total. The van der Waals surface area contributed by atoms with Gasteiger partial charge in [-0.15, -0.1) is 0 Å². The van der Waals surface area contributed by atoms with E-state index in [2.05, 4.69) is 15.0 Å². The maximum absolute atomic E-state index is 12.6. The maximum atomic E-state index is 12.6. The van der Waals surface area contributed by atoms with Crippen LogP contribution in [0, 0.1) is 0 Å². The molecule has 1 aliphatic heterocycles. The first-order valence-corrected chi connectivity index (χ1v) is 8.94. The summed E-state index contributed by atoms with van der Waals surface area (Å²) in [7, 11) is 0. The molecule has 0 unspecified atom stereocenters. The summed E-state index contributed by atoms with van der Waals surface area (Å²) in [6.07, 6.45) is 4.81. The second kappa shape index (κ2) is 7.32. The number of nitrogens with zero attached hydrogens (tertiary/aromatic N) is 6. The van der Waals surface area contributed by atoms with E-state index in [1.54, 1.807) is 41.6 Å². The van der Waals surface area contributed by atoms with Gasteiger partial charge in [0, 0.05) is 43.6 Å². The van der Waals surface area contributed by atoms with E-state index in [9.17, 15) is 9.59 Å². The molecule has 4 rings (SSSR count). The van der Waals surface area contributed by atoms with E-state index < -0.39 is 0 Å². The van der Waals surface area contributed by atoms with Crippen molar-refractivity contribution < 1.29 is 4.79 Å². The smallest absolute Gasteiger partial charge is 0.261 e. The van der Waals surface area contributed by atoms with Crippen LogP contribution < -0.4 is 10.5 Å². The maximum Gasteiger partial charge on any atom is 0.261 e. The van der Waals surface area contributed by atoms with Crippen molar-refractivity contribution in [2.75, 3.05) is 31.1 Å². The average Bonchev–Trinajstić information content (AvgIpc) is 2.71. The average molecular weight is 385 g/mol. The fourth-order valence-electron chi connectivity index (χ4n) is 3.10. The zero-order valence-corrected chi connectivity index (χ0v) is 15.2. The van der Waals surface area contributed by atoms with Gasteiger partial charge >= 0.3 is 0 Å².